The van der Waals surface area contributed by atoms with E-state index in [1.807, 2.05) is 0 Å². The van der Waals surface area contributed by atoms with Gasteiger partial charge in [-0.2, -0.15) is 0 Å². The van der Waals surface area contributed by atoms with Gasteiger partial charge in [0.1, 0.15) is 57.2 Å². The Bertz CT molecular complexity index is 659. The summed E-state index contributed by atoms with van der Waals surface area (Å²) in [4.78, 5) is 27.3. The van der Waals surface area contributed by atoms with E-state index in [4.69, 9.17) is 0 Å². The molecule has 0 bridgehead atoms. The van der Waals surface area contributed by atoms with Crippen LogP contribution in [0.2, 0.25) is 0 Å². The smallest absolute Gasteiger partial charge is 0.332 e. The molecule has 1 atom stereocenters. The number of fused-ring (bicyclic) bond motifs is 1. The zero-order valence-electron chi connectivity index (χ0n) is 13.4. The number of nitrogens with one attached hydrogen (secondary N) is 3. The maximum absolute atomic E-state index is 12.3. The van der Waals surface area contributed by atoms with E-state index >= 15 is 0 Å². The minimum Gasteiger partial charge on any atom is -0.337 e. The number of nitrogens with two attached hydrogens (primary N) is 1. The fourth-order valence-electron chi connectivity index (χ4n) is 3.48. The number of piperazine rings is 1. The van der Waals surface area contributed by atoms with Crippen molar-refractivity contribution in [2.24, 2.45) is 14.1 Å². The van der Waals surface area contributed by atoms with Gasteiger partial charge in [0.2, 0.25) is 0 Å². The number of quaternary nitrogens is 3. The lowest BCUT2D eigenvalue weighted by Gasteiger charge is -2.29. The van der Waals surface area contributed by atoms with Gasteiger partial charge in [0.25, 0.3) is 5.56 Å². The van der Waals surface area contributed by atoms with Gasteiger partial charge in [0, 0.05) is 14.1 Å². The quantitative estimate of drug-likeness (QED) is 0.449. The second-order valence-corrected chi connectivity index (χ2v) is 6.43. The molecule has 3 rings (SSSR count). The van der Waals surface area contributed by atoms with Gasteiger partial charge in [0.15, 0.2) is 6.67 Å². The normalized spacial score (nSPS) is 22.2. The van der Waals surface area contributed by atoms with Gasteiger partial charge in [-0.05, 0) is 0 Å². The summed E-state index contributed by atoms with van der Waals surface area (Å²) in [7, 11) is 3.26. The molecule has 0 radical (unpaired) electrons. The predicted molar refractivity (Wildman–Crippen MR) is 82.2 cm³/mol. The molecule has 3 heterocycles. The van der Waals surface area contributed by atoms with E-state index in [0.29, 0.717) is 12.4 Å². The highest BCUT2D eigenvalue weighted by molar-refractivity contribution is 5.43. The first-order valence-corrected chi connectivity index (χ1v) is 8.09. The summed E-state index contributed by atoms with van der Waals surface area (Å²) >= 11 is 0. The van der Waals surface area contributed by atoms with Crippen LogP contribution in [0.25, 0.3) is 0 Å². The largest absolute Gasteiger partial charge is 0.337 e. The molecular formula is C14H27N6O2+3. The van der Waals surface area contributed by atoms with E-state index in [1.165, 1.54) is 35.6 Å². The molecule has 8 nitrogen and oxygen atoms in total. The van der Waals surface area contributed by atoms with Gasteiger partial charge < -0.3 is 20.4 Å². The third-order valence-corrected chi connectivity index (χ3v) is 4.93. The topological polar surface area (TPSA) is 81.5 Å². The van der Waals surface area contributed by atoms with Crippen LogP contribution < -0.4 is 31.7 Å². The minimum absolute atomic E-state index is 0.164. The lowest BCUT2D eigenvalue weighted by Crippen LogP contribution is -3.24. The highest BCUT2D eigenvalue weighted by Crippen LogP contribution is 2.08. The Labute approximate surface area is 129 Å². The summed E-state index contributed by atoms with van der Waals surface area (Å²) < 4.78 is 2.74. The monoisotopic (exact) mass is 311 g/mol. The zero-order valence-corrected chi connectivity index (χ0v) is 13.4. The molecule has 0 aliphatic carbocycles. The van der Waals surface area contributed by atoms with Gasteiger partial charge in [-0.1, -0.05) is 0 Å². The maximum Gasteiger partial charge on any atom is 0.332 e. The fraction of sp³-hybridized carbons (Fsp3) is 0.714. The van der Waals surface area contributed by atoms with Crippen molar-refractivity contribution < 1.29 is 15.1 Å². The summed E-state index contributed by atoms with van der Waals surface area (Å²) in [5.74, 6) is 0.691. The van der Waals surface area contributed by atoms with Crippen molar-refractivity contribution in [1.82, 2.24) is 9.13 Å². The highest BCUT2D eigenvalue weighted by Gasteiger charge is 2.27. The Morgan fingerprint density at radius 2 is 1.77 bits per heavy atom. The standard InChI is InChI=1S/C14H24N6O2/c1-17-12-11(13(21)18(2)14(17)22)9-20(10-16-12)8-7-19-5-3-15-4-6-19/h15-16H,3-10H2,1-2H3/p+3. The van der Waals surface area contributed by atoms with Crippen molar-refractivity contribution >= 4 is 5.82 Å². The molecule has 0 spiro atoms. The molecule has 1 aromatic rings. The van der Waals surface area contributed by atoms with E-state index in [0.717, 1.165) is 25.3 Å². The van der Waals surface area contributed by atoms with Crippen molar-refractivity contribution in [2.75, 3.05) is 51.3 Å². The van der Waals surface area contributed by atoms with E-state index in [1.54, 1.807) is 23.6 Å². The molecule has 0 aromatic carbocycles. The number of rotatable bonds is 3. The van der Waals surface area contributed by atoms with Gasteiger partial charge in [-0.3, -0.25) is 13.9 Å². The number of anilines is 1. The Morgan fingerprint density at radius 1 is 1.09 bits per heavy atom. The number of nitrogens with zero attached hydrogens (tertiary/aromatic N) is 2. The molecule has 122 valence electrons. The Kier molecular flexibility index (Phi) is 4.32. The van der Waals surface area contributed by atoms with Crippen molar-refractivity contribution in [3.63, 3.8) is 0 Å². The second kappa shape index (κ2) is 6.23. The molecule has 1 aromatic heterocycles. The number of hydrogen-bond acceptors (Lipinski definition) is 3. The second-order valence-electron chi connectivity index (χ2n) is 6.43. The molecule has 2 aliphatic heterocycles. The van der Waals surface area contributed by atoms with E-state index < -0.39 is 0 Å². The Hall–Kier alpha value is -1.64. The maximum atomic E-state index is 12.3. The van der Waals surface area contributed by atoms with Gasteiger partial charge >= 0.3 is 5.69 Å². The van der Waals surface area contributed by atoms with Crippen LogP contribution in [0.4, 0.5) is 5.82 Å². The molecule has 5 N–H and O–H groups in total. The minimum atomic E-state index is -0.270. The lowest BCUT2D eigenvalue weighted by atomic mass is 10.2. The average molecular weight is 311 g/mol. The first-order valence-electron chi connectivity index (χ1n) is 8.09. The summed E-state index contributed by atoms with van der Waals surface area (Å²) in [6, 6.07) is 0. The summed E-state index contributed by atoms with van der Waals surface area (Å²) in [5.41, 5.74) is 0.296. The van der Waals surface area contributed by atoms with Crippen LogP contribution in [0, 0.1) is 0 Å². The van der Waals surface area contributed by atoms with Crippen LogP contribution in [0.15, 0.2) is 9.59 Å². The predicted octanol–water partition coefficient (Wildman–Crippen LogP) is -5.69. The van der Waals surface area contributed by atoms with E-state index in [9.17, 15) is 9.59 Å². The van der Waals surface area contributed by atoms with Gasteiger partial charge in [-0.15, -0.1) is 0 Å². The highest BCUT2D eigenvalue weighted by atomic mass is 16.2. The molecule has 0 saturated carbocycles. The molecule has 2 aliphatic rings. The van der Waals surface area contributed by atoms with Crippen LogP contribution in [-0.2, 0) is 20.6 Å². The molecule has 1 unspecified atom stereocenters. The molecule has 0 amide bonds. The third kappa shape index (κ3) is 2.81. The van der Waals surface area contributed by atoms with Crippen LogP contribution in [0.3, 0.4) is 0 Å². The Balaban J connectivity index is 1.71. The van der Waals surface area contributed by atoms with Gasteiger partial charge in [-0.25, -0.2) is 4.79 Å². The third-order valence-electron chi connectivity index (χ3n) is 4.93. The van der Waals surface area contributed by atoms with E-state index in [-0.39, 0.29) is 11.2 Å². The lowest BCUT2D eigenvalue weighted by molar-refractivity contribution is -0.984. The summed E-state index contributed by atoms with van der Waals surface area (Å²) in [6.07, 6.45) is 0. The molecular weight excluding hydrogens is 284 g/mol. The van der Waals surface area contributed by atoms with Gasteiger partial charge in [0.05, 0.1) is 0 Å². The zero-order chi connectivity index (χ0) is 15.7. The first-order chi connectivity index (χ1) is 10.6. The van der Waals surface area contributed by atoms with Crippen LogP contribution in [-0.4, -0.2) is 55.1 Å². The molecule has 1 saturated heterocycles. The first kappa shape index (κ1) is 15.3. The van der Waals surface area contributed by atoms with Crippen LogP contribution in [0.5, 0.6) is 0 Å². The van der Waals surface area contributed by atoms with Crippen molar-refractivity contribution in [2.45, 2.75) is 6.54 Å². The van der Waals surface area contributed by atoms with Crippen LogP contribution in [0.1, 0.15) is 5.56 Å². The summed E-state index contributed by atoms with van der Waals surface area (Å²) in [5, 5.41) is 5.65. The molecule has 8 heteroatoms. The van der Waals surface area contributed by atoms with Crippen molar-refractivity contribution in [3.05, 3.63) is 26.4 Å². The summed E-state index contributed by atoms with van der Waals surface area (Å²) in [6.45, 7) is 8.55. The van der Waals surface area contributed by atoms with E-state index in [2.05, 4.69) is 10.6 Å². The Morgan fingerprint density at radius 3 is 2.50 bits per heavy atom. The van der Waals surface area contributed by atoms with Crippen LogP contribution >= 0.6 is 0 Å². The van der Waals surface area contributed by atoms with Crippen molar-refractivity contribution in [1.29, 1.82) is 0 Å². The number of aromatic nitrogens is 2. The average Bonchev–Trinajstić information content (AvgIpc) is 2.57. The SMILES string of the molecule is Cn1c2c(c(=O)n(C)c1=O)C[NH+](CC[NH+]1CC[NH2+]CC1)CN2. The number of hydrogen-bond donors (Lipinski definition) is 4. The fourth-order valence-corrected chi connectivity index (χ4v) is 3.48. The molecule has 1 fully saturated rings. The molecule has 22 heavy (non-hydrogen) atoms. The van der Waals surface area contributed by atoms with Crippen molar-refractivity contribution in [3.8, 4) is 0 Å².